The molecule has 0 aromatic heterocycles. The van der Waals surface area contributed by atoms with Gasteiger partial charge in [-0.15, -0.1) is 0 Å². The molecule has 0 radical (unpaired) electrons. The van der Waals surface area contributed by atoms with E-state index >= 15 is 0 Å². The van der Waals surface area contributed by atoms with Gasteiger partial charge in [-0.05, 0) is 50.9 Å². The Hall–Kier alpha value is -0.875. The Morgan fingerprint density at radius 1 is 1.29 bits per heavy atom. The number of hydrogen-bond donors (Lipinski definition) is 1. The van der Waals surface area contributed by atoms with E-state index in [0.29, 0.717) is 0 Å². The van der Waals surface area contributed by atoms with Crippen molar-refractivity contribution in [3.8, 4) is 0 Å². The monoisotopic (exact) mass is 311 g/mol. The molecule has 2 N–H and O–H groups in total. The van der Waals surface area contributed by atoms with E-state index in [4.69, 9.17) is 26.6 Å². The molecule has 21 heavy (non-hydrogen) atoms. The highest BCUT2D eigenvalue weighted by Crippen LogP contribution is 2.38. The van der Waals surface area contributed by atoms with Crippen molar-refractivity contribution in [2.24, 2.45) is 5.73 Å². The highest BCUT2D eigenvalue weighted by Gasteiger charge is 2.52. The number of hydrogen-bond acceptors (Lipinski definition) is 3. The Labute approximate surface area is 130 Å². The maximum atomic E-state index is 13.2. The molecule has 2 rings (SSSR count). The van der Waals surface area contributed by atoms with Crippen LogP contribution in [-0.2, 0) is 9.31 Å². The number of benzene rings is 1. The fraction of sp³-hybridized carbons (Fsp3) is 0.467. The third-order valence-corrected chi connectivity index (χ3v) is 4.38. The Bertz CT molecular complexity index is 559. The molecule has 0 atom stereocenters. The molecule has 1 heterocycles. The number of halogens is 2. The van der Waals surface area contributed by atoms with Crippen molar-refractivity contribution in [2.75, 3.05) is 6.54 Å². The van der Waals surface area contributed by atoms with Gasteiger partial charge in [0.2, 0.25) is 0 Å². The van der Waals surface area contributed by atoms with Gasteiger partial charge in [-0.25, -0.2) is 4.39 Å². The molecule has 1 aliphatic heterocycles. The van der Waals surface area contributed by atoms with Gasteiger partial charge in [-0.1, -0.05) is 23.7 Å². The quantitative estimate of drug-likeness (QED) is 0.870. The van der Waals surface area contributed by atoms with Crippen molar-refractivity contribution < 1.29 is 13.7 Å². The Morgan fingerprint density at radius 3 is 2.33 bits per heavy atom. The highest BCUT2D eigenvalue weighted by molar-refractivity contribution is 6.55. The smallest absolute Gasteiger partial charge is 0.400 e. The van der Waals surface area contributed by atoms with Crippen LogP contribution < -0.4 is 5.73 Å². The maximum Gasteiger partial charge on any atom is 0.491 e. The van der Waals surface area contributed by atoms with E-state index in [9.17, 15) is 4.39 Å². The summed E-state index contributed by atoms with van der Waals surface area (Å²) >= 11 is 5.79. The van der Waals surface area contributed by atoms with E-state index in [1.54, 1.807) is 12.1 Å². The van der Waals surface area contributed by atoms with Crippen molar-refractivity contribution in [1.82, 2.24) is 0 Å². The lowest BCUT2D eigenvalue weighted by Gasteiger charge is -2.32. The first-order valence-electron chi connectivity index (χ1n) is 6.87. The summed E-state index contributed by atoms with van der Waals surface area (Å²) in [4.78, 5) is 0. The predicted molar refractivity (Wildman–Crippen MR) is 84.5 cm³/mol. The largest absolute Gasteiger partial charge is 0.491 e. The molecule has 1 aromatic carbocycles. The molecule has 0 spiro atoms. The number of nitrogens with two attached hydrogens (primary N) is 1. The summed E-state index contributed by atoms with van der Waals surface area (Å²) in [5.74, 6) is -0.446. The van der Waals surface area contributed by atoms with Gasteiger partial charge in [-0.2, -0.15) is 0 Å². The second-order valence-electron chi connectivity index (χ2n) is 6.19. The van der Waals surface area contributed by atoms with E-state index in [1.807, 2.05) is 33.8 Å². The first kappa shape index (κ1) is 16.5. The molecule has 3 nitrogen and oxygen atoms in total. The minimum absolute atomic E-state index is 0.0778. The summed E-state index contributed by atoms with van der Waals surface area (Å²) in [6, 6.07) is 4.52. The Kier molecular flexibility index (Phi) is 4.50. The molecule has 0 amide bonds. The first-order chi connectivity index (χ1) is 9.66. The molecule has 0 aliphatic carbocycles. The van der Waals surface area contributed by atoms with Gasteiger partial charge in [0.1, 0.15) is 5.82 Å². The summed E-state index contributed by atoms with van der Waals surface area (Å²) < 4.78 is 25.1. The zero-order valence-corrected chi connectivity index (χ0v) is 13.5. The Balaban J connectivity index is 2.28. The third kappa shape index (κ3) is 3.32. The van der Waals surface area contributed by atoms with Crippen LogP contribution in [0.3, 0.4) is 0 Å². The minimum Gasteiger partial charge on any atom is -0.400 e. The van der Waals surface area contributed by atoms with Crippen LogP contribution >= 0.6 is 11.6 Å². The van der Waals surface area contributed by atoms with Gasteiger partial charge in [-0.3, -0.25) is 0 Å². The Morgan fingerprint density at radius 2 is 1.86 bits per heavy atom. The molecule has 1 aliphatic rings. The minimum atomic E-state index is -0.510. The van der Waals surface area contributed by atoms with Crippen molar-refractivity contribution >= 4 is 24.8 Å². The lowest BCUT2D eigenvalue weighted by Crippen LogP contribution is -2.41. The van der Waals surface area contributed by atoms with Crippen molar-refractivity contribution in [2.45, 2.75) is 38.9 Å². The van der Waals surface area contributed by atoms with Crippen LogP contribution in [0.15, 0.2) is 23.7 Å². The third-order valence-electron chi connectivity index (χ3n) is 4.09. The summed E-state index contributed by atoms with van der Waals surface area (Å²) in [6.45, 7) is 8.21. The van der Waals surface area contributed by atoms with Crippen LogP contribution in [0.25, 0.3) is 6.08 Å². The van der Waals surface area contributed by atoms with E-state index in [0.717, 1.165) is 11.0 Å². The maximum absolute atomic E-state index is 13.2. The lowest BCUT2D eigenvalue weighted by molar-refractivity contribution is 0.00578. The number of rotatable bonds is 3. The second-order valence-corrected chi connectivity index (χ2v) is 6.59. The second kappa shape index (κ2) is 5.73. The van der Waals surface area contributed by atoms with Gasteiger partial charge in [0.15, 0.2) is 0 Å². The van der Waals surface area contributed by atoms with E-state index < -0.39 is 24.1 Å². The summed E-state index contributed by atoms with van der Waals surface area (Å²) in [7, 11) is -0.510. The standard InChI is InChI=1S/C15H20BClFNO2/c1-14(2)15(3,4)21-16(20-14)11(9-19)7-10-5-6-13(18)12(17)8-10/h5-8H,9,19H2,1-4H3. The average Bonchev–Trinajstić information content (AvgIpc) is 2.59. The van der Waals surface area contributed by atoms with Crippen LogP contribution in [0, 0.1) is 5.82 Å². The van der Waals surface area contributed by atoms with Gasteiger partial charge >= 0.3 is 7.12 Å². The van der Waals surface area contributed by atoms with Crippen LogP contribution in [0.5, 0.6) is 0 Å². The lowest BCUT2D eigenvalue weighted by atomic mass is 9.77. The molecule has 0 unspecified atom stereocenters. The topological polar surface area (TPSA) is 44.5 Å². The summed E-state index contributed by atoms with van der Waals surface area (Å²) in [5, 5.41) is 0.0778. The molecular weight excluding hydrogens is 291 g/mol. The van der Waals surface area contributed by atoms with Crippen molar-refractivity contribution in [3.63, 3.8) is 0 Å². The van der Waals surface area contributed by atoms with Crippen molar-refractivity contribution in [1.29, 1.82) is 0 Å². The van der Waals surface area contributed by atoms with Gasteiger partial charge in [0.05, 0.1) is 16.2 Å². The fourth-order valence-electron chi connectivity index (χ4n) is 2.03. The molecule has 114 valence electrons. The normalized spacial score (nSPS) is 20.9. The van der Waals surface area contributed by atoms with Gasteiger partial charge in [0, 0.05) is 6.54 Å². The van der Waals surface area contributed by atoms with Crippen LogP contribution in [-0.4, -0.2) is 24.9 Å². The summed E-state index contributed by atoms with van der Waals surface area (Å²) in [5.41, 5.74) is 6.51. The van der Waals surface area contributed by atoms with Crippen LogP contribution in [0.1, 0.15) is 33.3 Å². The molecule has 0 saturated carbocycles. The van der Waals surface area contributed by atoms with E-state index in [2.05, 4.69) is 0 Å². The van der Waals surface area contributed by atoms with Crippen molar-refractivity contribution in [3.05, 3.63) is 40.1 Å². The zero-order chi connectivity index (χ0) is 15.8. The highest BCUT2D eigenvalue weighted by atomic mass is 35.5. The van der Waals surface area contributed by atoms with Crippen LogP contribution in [0.2, 0.25) is 5.02 Å². The summed E-state index contributed by atoms with van der Waals surface area (Å²) in [6.07, 6.45) is 1.83. The first-order valence-corrected chi connectivity index (χ1v) is 7.25. The molecule has 1 saturated heterocycles. The molecule has 6 heteroatoms. The molecule has 1 fully saturated rings. The zero-order valence-electron chi connectivity index (χ0n) is 12.7. The molecule has 1 aromatic rings. The average molecular weight is 312 g/mol. The van der Waals surface area contributed by atoms with Crippen LogP contribution in [0.4, 0.5) is 4.39 Å². The van der Waals surface area contributed by atoms with E-state index in [1.165, 1.54) is 6.07 Å². The van der Waals surface area contributed by atoms with Gasteiger partial charge < -0.3 is 15.0 Å². The fourth-order valence-corrected chi connectivity index (χ4v) is 2.22. The predicted octanol–water partition coefficient (Wildman–Crippen LogP) is 3.45. The van der Waals surface area contributed by atoms with E-state index in [-0.39, 0.29) is 11.6 Å². The van der Waals surface area contributed by atoms with Gasteiger partial charge in [0.25, 0.3) is 0 Å². The molecule has 0 bridgehead atoms. The molecular formula is C15H20BClFNO2. The SMILES string of the molecule is CC1(C)OB(C(=Cc2ccc(F)c(Cl)c2)CN)OC1(C)C.